The van der Waals surface area contributed by atoms with Crippen molar-refractivity contribution in [2.24, 2.45) is 0 Å². The van der Waals surface area contributed by atoms with Gasteiger partial charge >= 0.3 is 6.18 Å². The van der Waals surface area contributed by atoms with E-state index in [-0.39, 0.29) is 0 Å². The number of nitrogens with one attached hydrogen (secondary N) is 1. The highest BCUT2D eigenvalue weighted by Gasteiger charge is 2.30. The molecule has 0 bridgehead atoms. The van der Waals surface area contributed by atoms with Gasteiger partial charge < -0.3 is 11.1 Å². The first kappa shape index (κ1) is 11.5. The second kappa shape index (κ2) is 3.80. The SMILES string of the molecule is CNc1c(N)cnc2ccc(C(F)(F)F)cc12. The number of aromatic nitrogens is 1. The van der Waals surface area contributed by atoms with Crippen LogP contribution in [0.15, 0.2) is 24.4 Å². The summed E-state index contributed by atoms with van der Waals surface area (Å²) in [5.74, 6) is 0. The number of hydrogen-bond donors (Lipinski definition) is 2. The summed E-state index contributed by atoms with van der Waals surface area (Å²) in [5, 5.41) is 3.15. The number of halogens is 3. The van der Waals surface area contributed by atoms with Crippen molar-refractivity contribution in [3.63, 3.8) is 0 Å². The fourth-order valence-corrected chi connectivity index (χ4v) is 1.66. The molecule has 3 nitrogen and oxygen atoms in total. The van der Waals surface area contributed by atoms with Gasteiger partial charge in [0.2, 0.25) is 0 Å². The number of rotatable bonds is 1. The highest BCUT2D eigenvalue weighted by Crippen LogP contribution is 2.34. The molecule has 3 N–H and O–H groups in total. The van der Waals surface area contributed by atoms with E-state index in [0.717, 1.165) is 12.1 Å². The standard InChI is InChI=1S/C11H10F3N3/c1-16-10-7-4-6(11(12,13)14)2-3-9(7)17-5-8(10)15/h2-5H,15H2,1H3,(H,16,17). The Morgan fingerprint density at radius 2 is 2.00 bits per heavy atom. The maximum Gasteiger partial charge on any atom is 0.416 e. The van der Waals surface area contributed by atoms with Crippen molar-refractivity contribution in [3.05, 3.63) is 30.0 Å². The molecular formula is C11H10F3N3. The van der Waals surface area contributed by atoms with E-state index in [1.807, 2.05) is 0 Å². The van der Waals surface area contributed by atoms with E-state index in [1.165, 1.54) is 12.3 Å². The second-order valence-electron chi connectivity index (χ2n) is 3.57. The van der Waals surface area contributed by atoms with Gasteiger partial charge in [0.1, 0.15) is 0 Å². The van der Waals surface area contributed by atoms with Crippen LogP contribution in [0.1, 0.15) is 5.56 Å². The molecule has 2 rings (SSSR count). The van der Waals surface area contributed by atoms with Gasteiger partial charge in [-0.15, -0.1) is 0 Å². The molecule has 17 heavy (non-hydrogen) atoms. The summed E-state index contributed by atoms with van der Waals surface area (Å²) in [4.78, 5) is 3.98. The fraction of sp³-hybridized carbons (Fsp3) is 0.182. The molecule has 90 valence electrons. The summed E-state index contributed by atoms with van der Waals surface area (Å²) in [6, 6.07) is 3.38. The van der Waals surface area contributed by atoms with Crippen LogP contribution < -0.4 is 11.1 Å². The zero-order valence-electron chi connectivity index (χ0n) is 8.97. The molecule has 0 atom stereocenters. The van der Waals surface area contributed by atoms with Gasteiger partial charge in [-0.2, -0.15) is 13.2 Å². The van der Waals surface area contributed by atoms with Crippen LogP contribution in [0.2, 0.25) is 0 Å². The second-order valence-corrected chi connectivity index (χ2v) is 3.57. The molecule has 0 saturated heterocycles. The Bertz CT molecular complexity index is 564. The van der Waals surface area contributed by atoms with Crippen LogP contribution in [0.4, 0.5) is 24.5 Å². The average Bonchev–Trinajstić information content (AvgIpc) is 2.27. The minimum Gasteiger partial charge on any atom is -0.396 e. The number of pyridine rings is 1. The quantitative estimate of drug-likeness (QED) is 0.807. The molecule has 0 saturated carbocycles. The molecule has 0 aliphatic heterocycles. The van der Waals surface area contributed by atoms with E-state index in [2.05, 4.69) is 10.3 Å². The molecule has 0 fully saturated rings. The number of fused-ring (bicyclic) bond motifs is 1. The first-order valence-electron chi connectivity index (χ1n) is 4.86. The van der Waals surface area contributed by atoms with Gasteiger partial charge in [-0.1, -0.05) is 0 Å². The van der Waals surface area contributed by atoms with Gasteiger partial charge in [0.25, 0.3) is 0 Å². The molecule has 0 aliphatic rings. The lowest BCUT2D eigenvalue weighted by Gasteiger charge is -2.11. The number of nitrogen functional groups attached to an aromatic ring is 1. The third-order valence-electron chi connectivity index (χ3n) is 2.47. The third-order valence-corrected chi connectivity index (χ3v) is 2.47. The highest BCUT2D eigenvalue weighted by molar-refractivity contribution is 5.97. The highest BCUT2D eigenvalue weighted by atomic mass is 19.4. The van der Waals surface area contributed by atoms with E-state index in [0.29, 0.717) is 22.3 Å². The Hall–Kier alpha value is -1.98. The van der Waals surface area contributed by atoms with E-state index in [9.17, 15) is 13.2 Å². The van der Waals surface area contributed by atoms with Crippen LogP contribution in [0.5, 0.6) is 0 Å². The number of anilines is 2. The Morgan fingerprint density at radius 1 is 1.29 bits per heavy atom. The van der Waals surface area contributed by atoms with Crippen molar-refractivity contribution in [2.45, 2.75) is 6.18 Å². The molecule has 6 heteroatoms. The summed E-state index contributed by atoms with van der Waals surface area (Å²) in [6.07, 6.45) is -2.95. The van der Waals surface area contributed by atoms with Crippen LogP contribution in [0, 0.1) is 0 Å². The number of alkyl halides is 3. The number of benzene rings is 1. The molecule has 1 aromatic carbocycles. The topological polar surface area (TPSA) is 50.9 Å². The maximum absolute atomic E-state index is 12.6. The van der Waals surface area contributed by atoms with Crippen molar-refractivity contribution in [3.8, 4) is 0 Å². The average molecular weight is 241 g/mol. The normalized spacial score (nSPS) is 11.8. The minimum atomic E-state index is -4.37. The largest absolute Gasteiger partial charge is 0.416 e. The number of nitrogens with zero attached hydrogens (tertiary/aromatic N) is 1. The molecule has 0 unspecified atom stereocenters. The van der Waals surface area contributed by atoms with E-state index >= 15 is 0 Å². The van der Waals surface area contributed by atoms with Gasteiger partial charge in [-0.25, -0.2) is 0 Å². The Kier molecular flexibility index (Phi) is 2.57. The van der Waals surface area contributed by atoms with Crippen molar-refractivity contribution < 1.29 is 13.2 Å². The first-order chi connectivity index (χ1) is 7.93. The lowest BCUT2D eigenvalue weighted by Crippen LogP contribution is -2.05. The zero-order valence-corrected chi connectivity index (χ0v) is 8.97. The van der Waals surface area contributed by atoms with Crippen molar-refractivity contribution >= 4 is 22.3 Å². The maximum atomic E-state index is 12.6. The zero-order chi connectivity index (χ0) is 12.6. The van der Waals surface area contributed by atoms with Crippen molar-refractivity contribution in [1.82, 2.24) is 4.98 Å². The predicted octanol–water partition coefficient (Wildman–Crippen LogP) is 2.88. The van der Waals surface area contributed by atoms with E-state index in [1.54, 1.807) is 7.05 Å². The van der Waals surface area contributed by atoms with Gasteiger partial charge in [0.15, 0.2) is 0 Å². The van der Waals surface area contributed by atoms with Gasteiger partial charge in [0, 0.05) is 12.4 Å². The summed E-state index contributed by atoms with van der Waals surface area (Å²) < 4.78 is 37.7. The molecule has 0 radical (unpaired) electrons. The fourth-order valence-electron chi connectivity index (χ4n) is 1.66. The molecule has 0 spiro atoms. The van der Waals surface area contributed by atoms with Crippen molar-refractivity contribution in [2.75, 3.05) is 18.1 Å². The van der Waals surface area contributed by atoms with Crippen LogP contribution in [-0.4, -0.2) is 12.0 Å². The summed E-state index contributed by atoms with van der Waals surface area (Å²) in [7, 11) is 1.60. The smallest absolute Gasteiger partial charge is 0.396 e. The molecule has 1 aromatic heterocycles. The molecule has 2 aromatic rings. The predicted molar refractivity (Wildman–Crippen MR) is 60.7 cm³/mol. The molecule has 0 aliphatic carbocycles. The van der Waals surface area contributed by atoms with E-state index < -0.39 is 11.7 Å². The lowest BCUT2D eigenvalue weighted by molar-refractivity contribution is -0.137. The summed E-state index contributed by atoms with van der Waals surface area (Å²) >= 11 is 0. The van der Waals surface area contributed by atoms with E-state index in [4.69, 9.17) is 5.73 Å². The monoisotopic (exact) mass is 241 g/mol. The summed E-state index contributed by atoms with van der Waals surface area (Å²) in [6.45, 7) is 0. The Labute approximate surface area is 95.4 Å². The Balaban J connectivity index is 2.74. The first-order valence-corrected chi connectivity index (χ1v) is 4.86. The van der Waals surface area contributed by atoms with Crippen LogP contribution in [0.3, 0.4) is 0 Å². The lowest BCUT2D eigenvalue weighted by atomic mass is 10.1. The Morgan fingerprint density at radius 3 is 2.59 bits per heavy atom. The summed E-state index contributed by atoms with van der Waals surface area (Å²) in [5.41, 5.74) is 6.18. The molecule has 1 heterocycles. The van der Waals surface area contributed by atoms with Crippen molar-refractivity contribution in [1.29, 1.82) is 0 Å². The molecule has 0 amide bonds. The number of hydrogen-bond acceptors (Lipinski definition) is 3. The van der Waals surface area contributed by atoms with Gasteiger partial charge in [-0.05, 0) is 18.2 Å². The third kappa shape index (κ3) is 1.98. The van der Waals surface area contributed by atoms with Crippen LogP contribution in [0.25, 0.3) is 10.9 Å². The van der Waals surface area contributed by atoms with Crippen LogP contribution in [-0.2, 0) is 6.18 Å². The van der Waals surface area contributed by atoms with Gasteiger partial charge in [-0.3, -0.25) is 4.98 Å². The number of nitrogens with two attached hydrogens (primary N) is 1. The minimum absolute atomic E-state index is 0.319. The van der Waals surface area contributed by atoms with Crippen LogP contribution >= 0.6 is 0 Å². The van der Waals surface area contributed by atoms with Gasteiger partial charge in [0.05, 0.1) is 28.7 Å². The molecular weight excluding hydrogens is 231 g/mol.